The summed E-state index contributed by atoms with van der Waals surface area (Å²) in [4.78, 5) is 30.4. The van der Waals surface area contributed by atoms with Gasteiger partial charge in [-0.25, -0.2) is 8.42 Å². The van der Waals surface area contributed by atoms with Crippen LogP contribution < -0.4 is 9.62 Å². The summed E-state index contributed by atoms with van der Waals surface area (Å²) in [5.41, 5.74) is 2.85. The van der Waals surface area contributed by atoms with Crippen molar-refractivity contribution in [2.24, 2.45) is 0 Å². The number of rotatable bonds is 13. The molecule has 1 aliphatic carbocycles. The van der Waals surface area contributed by atoms with Crippen LogP contribution in [-0.4, -0.2) is 43.8 Å². The van der Waals surface area contributed by atoms with E-state index in [-0.39, 0.29) is 29.8 Å². The predicted molar refractivity (Wildman–Crippen MR) is 183 cm³/mol. The molecule has 1 N–H and O–H groups in total. The largest absolute Gasteiger partial charge is 0.352 e. The lowest BCUT2D eigenvalue weighted by Crippen LogP contribution is -2.54. The summed E-state index contributed by atoms with van der Waals surface area (Å²) in [5.74, 6) is -0.745. The number of nitrogens with one attached hydrogen (secondary N) is 1. The average molecular weight is 658 g/mol. The minimum atomic E-state index is -4.15. The van der Waals surface area contributed by atoms with Crippen LogP contribution in [-0.2, 0) is 39.0 Å². The molecule has 1 saturated carbocycles. The third-order valence-electron chi connectivity index (χ3n) is 8.47. The number of nitrogens with zero attached hydrogens (tertiary/aromatic N) is 2. The highest BCUT2D eigenvalue weighted by molar-refractivity contribution is 7.92. The van der Waals surface area contributed by atoms with Gasteiger partial charge in [-0.3, -0.25) is 13.9 Å². The molecule has 4 aromatic carbocycles. The molecule has 0 saturated heterocycles. The van der Waals surface area contributed by atoms with Gasteiger partial charge in [0.05, 0.1) is 10.6 Å². The van der Waals surface area contributed by atoms with Crippen LogP contribution in [0.25, 0.3) is 0 Å². The monoisotopic (exact) mass is 657 g/mol. The van der Waals surface area contributed by atoms with Crippen LogP contribution in [0.15, 0.2) is 114 Å². The number of amides is 2. The molecule has 0 bridgehead atoms. The van der Waals surface area contributed by atoms with E-state index < -0.39 is 28.5 Å². The Kier molecular flexibility index (Phi) is 11.1. The molecule has 0 unspecified atom stereocenters. The number of halogens is 1. The molecular formula is C37H40ClN3O4S. The first-order valence-electron chi connectivity index (χ1n) is 15.8. The number of aryl methyl sites for hydroxylation is 1. The molecule has 5 rings (SSSR count). The fraction of sp³-hybridized carbons (Fsp3) is 0.297. The predicted octanol–water partition coefficient (Wildman–Crippen LogP) is 6.80. The maximum absolute atomic E-state index is 14.7. The topological polar surface area (TPSA) is 86.8 Å². The molecule has 2 amide bonds. The number of sulfonamides is 1. The molecule has 0 spiro atoms. The second kappa shape index (κ2) is 15.4. The van der Waals surface area contributed by atoms with Crippen LogP contribution in [0.4, 0.5) is 5.69 Å². The Balaban J connectivity index is 1.58. The van der Waals surface area contributed by atoms with E-state index in [1.807, 2.05) is 55.5 Å². The summed E-state index contributed by atoms with van der Waals surface area (Å²) >= 11 is 6.35. The van der Waals surface area contributed by atoms with Gasteiger partial charge >= 0.3 is 0 Å². The van der Waals surface area contributed by atoms with E-state index in [4.69, 9.17) is 11.6 Å². The normalized spacial score (nSPS) is 14.0. The highest BCUT2D eigenvalue weighted by Gasteiger charge is 2.36. The van der Waals surface area contributed by atoms with Gasteiger partial charge in [0.1, 0.15) is 12.6 Å². The van der Waals surface area contributed by atoms with Gasteiger partial charge in [-0.05, 0) is 66.3 Å². The SMILES string of the molecule is CCc1ccccc1N(CC(=O)N(Cc1cccc(Cl)c1)[C@@H](Cc1ccccc1)C(=O)NC1CCCC1)S(=O)(=O)c1ccccc1. The zero-order chi connectivity index (χ0) is 32.5. The Bertz CT molecular complexity index is 1730. The van der Waals surface area contributed by atoms with Gasteiger partial charge < -0.3 is 10.2 Å². The zero-order valence-electron chi connectivity index (χ0n) is 26.0. The lowest BCUT2D eigenvalue weighted by Gasteiger charge is -2.34. The standard InChI is InChI=1S/C37H40ClN3O4S/c1-2-30-17-9-12-23-34(30)41(46(44,45)33-21-7-4-8-22-33)27-36(42)40(26-29-16-13-18-31(38)24-29)35(25-28-14-5-3-6-15-28)37(43)39-32-19-10-11-20-32/h3-9,12-18,21-24,32,35H,2,10-11,19-20,25-27H2,1H3,(H,39,43)/t35-/m0/s1. The first kappa shape index (κ1) is 33.2. The number of para-hydroxylation sites is 1. The lowest BCUT2D eigenvalue weighted by atomic mass is 10.0. The van der Waals surface area contributed by atoms with Crippen LogP contribution >= 0.6 is 11.6 Å². The van der Waals surface area contributed by atoms with Crippen molar-refractivity contribution in [1.29, 1.82) is 0 Å². The summed E-state index contributed by atoms with van der Waals surface area (Å²) in [7, 11) is -4.15. The smallest absolute Gasteiger partial charge is 0.264 e. The van der Waals surface area contributed by atoms with Crippen LogP contribution in [0.2, 0.25) is 5.02 Å². The first-order valence-corrected chi connectivity index (χ1v) is 17.6. The van der Waals surface area contributed by atoms with Crippen molar-refractivity contribution in [3.63, 3.8) is 0 Å². The Labute approximate surface area is 277 Å². The van der Waals surface area contributed by atoms with Gasteiger partial charge in [-0.1, -0.05) is 110 Å². The van der Waals surface area contributed by atoms with E-state index in [9.17, 15) is 18.0 Å². The highest BCUT2D eigenvalue weighted by Crippen LogP contribution is 2.29. The van der Waals surface area contributed by atoms with E-state index in [2.05, 4.69) is 5.32 Å². The van der Waals surface area contributed by atoms with Gasteiger partial charge in [0.25, 0.3) is 10.0 Å². The molecule has 1 aliphatic rings. The fourth-order valence-corrected chi connectivity index (χ4v) is 7.73. The Morgan fingerprint density at radius 3 is 2.15 bits per heavy atom. The van der Waals surface area contributed by atoms with Crippen LogP contribution in [0.5, 0.6) is 0 Å². The van der Waals surface area contributed by atoms with E-state index in [1.165, 1.54) is 21.3 Å². The van der Waals surface area contributed by atoms with Crippen LogP contribution in [0, 0.1) is 0 Å². The first-order chi connectivity index (χ1) is 22.3. The lowest BCUT2D eigenvalue weighted by molar-refractivity contribution is -0.140. The molecule has 240 valence electrons. The quantitative estimate of drug-likeness (QED) is 0.171. The number of anilines is 1. The minimum absolute atomic E-state index is 0.0419. The molecule has 46 heavy (non-hydrogen) atoms. The van der Waals surface area contributed by atoms with E-state index in [0.29, 0.717) is 17.1 Å². The molecule has 0 radical (unpaired) electrons. The van der Waals surface area contributed by atoms with Gasteiger partial charge in [0.15, 0.2) is 0 Å². The van der Waals surface area contributed by atoms with Crippen molar-refractivity contribution in [2.75, 3.05) is 10.8 Å². The van der Waals surface area contributed by atoms with Crippen LogP contribution in [0.1, 0.15) is 49.3 Å². The number of hydrogen-bond donors (Lipinski definition) is 1. The van der Waals surface area contributed by atoms with Crippen molar-refractivity contribution in [1.82, 2.24) is 10.2 Å². The second-order valence-corrected chi connectivity index (χ2v) is 14.0. The molecule has 1 atom stereocenters. The van der Waals surface area contributed by atoms with E-state index >= 15 is 0 Å². The highest BCUT2D eigenvalue weighted by atomic mass is 35.5. The van der Waals surface area contributed by atoms with E-state index in [1.54, 1.807) is 48.5 Å². The number of carbonyl (C=O) groups excluding carboxylic acids is 2. The molecular weight excluding hydrogens is 618 g/mol. The van der Waals surface area contributed by atoms with Crippen molar-refractivity contribution in [2.45, 2.75) is 69.0 Å². The molecule has 7 nitrogen and oxygen atoms in total. The molecule has 0 aromatic heterocycles. The third-order valence-corrected chi connectivity index (χ3v) is 10.5. The minimum Gasteiger partial charge on any atom is -0.352 e. The summed E-state index contributed by atoms with van der Waals surface area (Å²) in [6, 6.07) is 31.2. The molecule has 0 aliphatic heterocycles. The summed E-state index contributed by atoms with van der Waals surface area (Å²) < 4.78 is 29.7. The number of carbonyl (C=O) groups is 2. The average Bonchev–Trinajstić information content (AvgIpc) is 3.59. The number of benzene rings is 4. The van der Waals surface area contributed by atoms with Crippen molar-refractivity contribution in [3.05, 3.63) is 131 Å². The van der Waals surface area contributed by atoms with Gasteiger partial charge in [-0.15, -0.1) is 0 Å². The maximum atomic E-state index is 14.7. The Morgan fingerprint density at radius 1 is 0.848 bits per heavy atom. The van der Waals surface area contributed by atoms with Gasteiger partial charge in [0, 0.05) is 24.0 Å². The Hall–Kier alpha value is -4.14. The molecule has 4 aromatic rings. The van der Waals surface area contributed by atoms with Crippen molar-refractivity contribution < 1.29 is 18.0 Å². The number of hydrogen-bond acceptors (Lipinski definition) is 4. The summed E-state index contributed by atoms with van der Waals surface area (Å²) in [5, 5.41) is 3.71. The Morgan fingerprint density at radius 2 is 1.48 bits per heavy atom. The maximum Gasteiger partial charge on any atom is 0.264 e. The molecule has 9 heteroatoms. The van der Waals surface area contributed by atoms with Crippen molar-refractivity contribution in [3.8, 4) is 0 Å². The fourth-order valence-electron chi connectivity index (χ4n) is 6.04. The van der Waals surface area contributed by atoms with Crippen LogP contribution in [0.3, 0.4) is 0 Å². The van der Waals surface area contributed by atoms with Gasteiger partial charge in [0.2, 0.25) is 11.8 Å². The summed E-state index contributed by atoms with van der Waals surface area (Å²) in [6.45, 7) is 1.53. The van der Waals surface area contributed by atoms with Crippen molar-refractivity contribution >= 4 is 39.1 Å². The van der Waals surface area contributed by atoms with E-state index in [0.717, 1.165) is 42.4 Å². The zero-order valence-corrected chi connectivity index (χ0v) is 27.6. The molecule has 1 fully saturated rings. The van der Waals surface area contributed by atoms with Gasteiger partial charge in [-0.2, -0.15) is 0 Å². The second-order valence-electron chi connectivity index (χ2n) is 11.7. The third kappa shape index (κ3) is 8.17. The molecule has 0 heterocycles. The summed E-state index contributed by atoms with van der Waals surface area (Å²) in [6.07, 6.45) is 4.71.